The van der Waals surface area contributed by atoms with E-state index in [0.717, 1.165) is 45.3 Å². The van der Waals surface area contributed by atoms with Crippen molar-refractivity contribution in [3.8, 4) is 0 Å². The molecule has 0 radical (unpaired) electrons. The smallest absolute Gasteiger partial charge is 0.225 e. The SMILES string of the molecule is CC1CC(N)CCC1C(=O)N(C)CC1CCCCO1. The van der Waals surface area contributed by atoms with E-state index >= 15 is 0 Å². The molecule has 1 aliphatic heterocycles. The molecule has 19 heavy (non-hydrogen) atoms. The van der Waals surface area contributed by atoms with Crippen LogP contribution in [0.4, 0.5) is 0 Å². The highest BCUT2D eigenvalue weighted by Gasteiger charge is 2.33. The summed E-state index contributed by atoms with van der Waals surface area (Å²) in [6.07, 6.45) is 6.61. The second-order valence-electron chi connectivity index (χ2n) is 6.36. The molecule has 0 spiro atoms. The van der Waals surface area contributed by atoms with Gasteiger partial charge in [-0.15, -0.1) is 0 Å². The van der Waals surface area contributed by atoms with Crippen LogP contribution in [0.25, 0.3) is 0 Å². The number of likely N-dealkylation sites (N-methyl/N-ethyl adjacent to an activating group) is 1. The molecule has 1 aliphatic carbocycles. The fourth-order valence-corrected chi connectivity index (χ4v) is 3.43. The van der Waals surface area contributed by atoms with Crippen LogP contribution in [-0.2, 0) is 9.53 Å². The second kappa shape index (κ2) is 6.71. The minimum atomic E-state index is 0.161. The molecule has 0 aromatic rings. The zero-order valence-electron chi connectivity index (χ0n) is 12.3. The lowest BCUT2D eigenvalue weighted by atomic mass is 9.77. The quantitative estimate of drug-likeness (QED) is 0.849. The molecule has 2 N–H and O–H groups in total. The molecular weight excluding hydrogens is 240 g/mol. The van der Waals surface area contributed by atoms with Crippen molar-refractivity contribution in [3.05, 3.63) is 0 Å². The Kier molecular flexibility index (Phi) is 5.22. The van der Waals surface area contributed by atoms with Crippen molar-refractivity contribution >= 4 is 5.91 Å². The first-order valence-corrected chi connectivity index (χ1v) is 7.70. The molecule has 2 aliphatic rings. The van der Waals surface area contributed by atoms with Crippen LogP contribution in [-0.4, -0.2) is 43.2 Å². The Morgan fingerprint density at radius 1 is 1.32 bits per heavy atom. The molecule has 1 saturated carbocycles. The van der Waals surface area contributed by atoms with Crippen molar-refractivity contribution in [2.45, 2.75) is 57.6 Å². The molecule has 110 valence electrons. The molecule has 1 saturated heterocycles. The summed E-state index contributed by atoms with van der Waals surface area (Å²) in [5.74, 6) is 0.855. The van der Waals surface area contributed by atoms with Crippen LogP contribution >= 0.6 is 0 Å². The van der Waals surface area contributed by atoms with Crippen molar-refractivity contribution in [2.24, 2.45) is 17.6 Å². The summed E-state index contributed by atoms with van der Waals surface area (Å²) < 4.78 is 5.72. The van der Waals surface area contributed by atoms with E-state index in [2.05, 4.69) is 6.92 Å². The Labute approximate surface area is 116 Å². The van der Waals surface area contributed by atoms with Gasteiger partial charge in [-0.25, -0.2) is 0 Å². The highest BCUT2D eigenvalue weighted by atomic mass is 16.5. The summed E-state index contributed by atoms with van der Waals surface area (Å²) in [7, 11) is 1.92. The largest absolute Gasteiger partial charge is 0.376 e. The van der Waals surface area contributed by atoms with E-state index in [4.69, 9.17) is 10.5 Å². The van der Waals surface area contributed by atoms with Crippen LogP contribution in [0.1, 0.15) is 45.4 Å². The number of hydrogen-bond donors (Lipinski definition) is 1. The number of rotatable bonds is 3. The molecular formula is C15H28N2O2. The van der Waals surface area contributed by atoms with Crippen LogP contribution in [0, 0.1) is 11.8 Å². The molecule has 0 aromatic heterocycles. The number of carbonyl (C=O) groups excluding carboxylic acids is 1. The molecule has 1 amide bonds. The van der Waals surface area contributed by atoms with E-state index in [-0.39, 0.29) is 24.0 Å². The van der Waals surface area contributed by atoms with E-state index in [1.165, 1.54) is 6.42 Å². The van der Waals surface area contributed by atoms with Crippen LogP contribution in [0.5, 0.6) is 0 Å². The summed E-state index contributed by atoms with van der Waals surface area (Å²) in [6.45, 7) is 3.75. The lowest BCUT2D eigenvalue weighted by molar-refractivity contribution is -0.139. The van der Waals surface area contributed by atoms with Crippen molar-refractivity contribution in [1.29, 1.82) is 0 Å². The van der Waals surface area contributed by atoms with Gasteiger partial charge in [0.15, 0.2) is 0 Å². The highest BCUT2D eigenvalue weighted by Crippen LogP contribution is 2.30. The van der Waals surface area contributed by atoms with Crippen molar-refractivity contribution in [2.75, 3.05) is 20.2 Å². The maximum atomic E-state index is 12.5. The lowest BCUT2D eigenvalue weighted by Crippen LogP contribution is -2.44. The molecule has 4 atom stereocenters. The van der Waals surface area contributed by atoms with E-state index < -0.39 is 0 Å². The number of carbonyl (C=O) groups is 1. The first kappa shape index (κ1) is 14.8. The number of hydrogen-bond acceptors (Lipinski definition) is 3. The van der Waals surface area contributed by atoms with Gasteiger partial charge >= 0.3 is 0 Å². The van der Waals surface area contributed by atoms with Crippen molar-refractivity contribution < 1.29 is 9.53 Å². The second-order valence-corrected chi connectivity index (χ2v) is 6.36. The van der Waals surface area contributed by atoms with Gasteiger partial charge in [0.05, 0.1) is 6.10 Å². The van der Waals surface area contributed by atoms with Gasteiger partial charge in [-0.1, -0.05) is 6.92 Å². The molecule has 0 aromatic carbocycles. The molecule has 4 nitrogen and oxygen atoms in total. The van der Waals surface area contributed by atoms with Crippen molar-refractivity contribution in [1.82, 2.24) is 4.90 Å². The third kappa shape index (κ3) is 3.93. The van der Waals surface area contributed by atoms with E-state index in [1.54, 1.807) is 0 Å². The number of ether oxygens (including phenoxy) is 1. The molecule has 0 bridgehead atoms. The summed E-state index contributed by atoms with van der Waals surface area (Å²) in [4.78, 5) is 14.4. The van der Waals surface area contributed by atoms with Gasteiger partial charge in [0.25, 0.3) is 0 Å². The van der Waals surface area contributed by atoms with Crippen LogP contribution in [0.15, 0.2) is 0 Å². The van der Waals surface area contributed by atoms with Gasteiger partial charge in [0, 0.05) is 32.2 Å². The summed E-state index contributed by atoms with van der Waals surface area (Å²) in [5, 5.41) is 0. The Morgan fingerprint density at radius 2 is 2.11 bits per heavy atom. The fourth-order valence-electron chi connectivity index (χ4n) is 3.43. The van der Waals surface area contributed by atoms with Gasteiger partial charge in [-0.05, 0) is 44.4 Å². The molecule has 4 unspecified atom stereocenters. The first-order valence-electron chi connectivity index (χ1n) is 7.70. The predicted molar refractivity (Wildman–Crippen MR) is 75.7 cm³/mol. The van der Waals surface area contributed by atoms with Gasteiger partial charge in [0.2, 0.25) is 5.91 Å². The van der Waals surface area contributed by atoms with E-state index in [9.17, 15) is 4.79 Å². The van der Waals surface area contributed by atoms with E-state index in [0.29, 0.717) is 5.92 Å². The normalized spacial score (nSPS) is 35.9. The number of amides is 1. The Bertz CT molecular complexity index is 303. The van der Waals surface area contributed by atoms with Crippen LogP contribution in [0.3, 0.4) is 0 Å². The zero-order valence-corrected chi connectivity index (χ0v) is 12.3. The summed E-state index contributed by atoms with van der Waals surface area (Å²) in [6, 6.07) is 0.283. The average molecular weight is 268 g/mol. The van der Waals surface area contributed by atoms with Gasteiger partial charge in [0.1, 0.15) is 0 Å². The highest BCUT2D eigenvalue weighted by molar-refractivity contribution is 5.79. The monoisotopic (exact) mass is 268 g/mol. The van der Waals surface area contributed by atoms with E-state index in [1.807, 2.05) is 11.9 Å². The third-order valence-corrected chi connectivity index (χ3v) is 4.65. The Morgan fingerprint density at radius 3 is 2.74 bits per heavy atom. The van der Waals surface area contributed by atoms with Gasteiger partial charge in [-0.3, -0.25) is 4.79 Å². The number of nitrogens with zero attached hydrogens (tertiary/aromatic N) is 1. The predicted octanol–water partition coefficient (Wildman–Crippen LogP) is 1.78. The zero-order chi connectivity index (χ0) is 13.8. The Hall–Kier alpha value is -0.610. The maximum absolute atomic E-state index is 12.5. The lowest BCUT2D eigenvalue weighted by Gasteiger charge is -2.35. The third-order valence-electron chi connectivity index (χ3n) is 4.65. The van der Waals surface area contributed by atoms with Crippen LogP contribution in [0.2, 0.25) is 0 Å². The minimum Gasteiger partial charge on any atom is -0.376 e. The summed E-state index contributed by atoms with van der Waals surface area (Å²) in [5.41, 5.74) is 5.97. The van der Waals surface area contributed by atoms with Crippen molar-refractivity contribution in [3.63, 3.8) is 0 Å². The minimum absolute atomic E-state index is 0.161. The van der Waals surface area contributed by atoms with Gasteiger partial charge < -0.3 is 15.4 Å². The maximum Gasteiger partial charge on any atom is 0.225 e. The average Bonchev–Trinajstić information content (AvgIpc) is 2.39. The first-order chi connectivity index (χ1) is 9.08. The standard InChI is InChI=1S/C15H28N2O2/c1-11-9-12(16)6-7-14(11)15(18)17(2)10-13-5-3-4-8-19-13/h11-14H,3-10,16H2,1-2H3. The topological polar surface area (TPSA) is 55.6 Å². The molecule has 2 rings (SSSR count). The molecule has 2 fully saturated rings. The van der Waals surface area contributed by atoms with Crippen LogP contribution < -0.4 is 5.73 Å². The molecule has 4 heteroatoms. The Balaban J connectivity index is 1.84. The number of nitrogens with two attached hydrogens (primary N) is 1. The summed E-state index contributed by atoms with van der Waals surface area (Å²) >= 11 is 0. The fraction of sp³-hybridized carbons (Fsp3) is 0.933. The van der Waals surface area contributed by atoms with Gasteiger partial charge in [-0.2, -0.15) is 0 Å². The molecule has 1 heterocycles.